The monoisotopic (exact) mass is 239 g/mol. The van der Waals surface area contributed by atoms with E-state index in [4.69, 9.17) is 11.6 Å². The molecule has 0 aliphatic heterocycles. The van der Waals surface area contributed by atoms with Crippen molar-refractivity contribution in [3.63, 3.8) is 0 Å². The average molecular weight is 240 g/mol. The van der Waals surface area contributed by atoms with Gasteiger partial charge in [0, 0.05) is 22.2 Å². The number of phenolic OH excluding ortho intramolecular Hbond substituents is 1. The molecule has 1 saturated carbocycles. The Labute approximate surface area is 102 Å². The highest BCUT2D eigenvalue weighted by atomic mass is 35.5. The predicted octanol–water partition coefficient (Wildman–Crippen LogP) is 3.64. The fourth-order valence-corrected chi connectivity index (χ4v) is 2.50. The van der Waals surface area contributed by atoms with E-state index in [2.05, 4.69) is 19.2 Å². The van der Waals surface area contributed by atoms with E-state index in [1.807, 2.05) is 6.07 Å². The van der Waals surface area contributed by atoms with Gasteiger partial charge < -0.3 is 10.4 Å². The maximum absolute atomic E-state index is 9.79. The topological polar surface area (TPSA) is 32.3 Å². The Morgan fingerprint density at radius 2 is 2.12 bits per heavy atom. The molecule has 1 aromatic carbocycles. The third-order valence-electron chi connectivity index (χ3n) is 3.48. The first-order valence-electron chi connectivity index (χ1n) is 5.76. The van der Waals surface area contributed by atoms with Crippen molar-refractivity contribution in [1.82, 2.24) is 5.32 Å². The largest absolute Gasteiger partial charge is 0.508 e. The molecule has 16 heavy (non-hydrogen) atoms. The molecule has 0 spiro atoms. The Kier molecular flexibility index (Phi) is 3.13. The molecule has 1 aliphatic carbocycles. The Bertz CT molecular complexity index is 388. The van der Waals surface area contributed by atoms with E-state index in [0.717, 1.165) is 5.56 Å². The summed E-state index contributed by atoms with van der Waals surface area (Å²) in [6.45, 7) is 4.30. The van der Waals surface area contributed by atoms with Gasteiger partial charge >= 0.3 is 0 Å². The van der Waals surface area contributed by atoms with Crippen LogP contribution in [0.25, 0.3) is 0 Å². The second-order valence-corrected chi connectivity index (χ2v) is 5.42. The maximum atomic E-state index is 9.79. The first-order valence-corrected chi connectivity index (χ1v) is 6.14. The molecule has 0 heterocycles. The van der Waals surface area contributed by atoms with Gasteiger partial charge in [-0.05, 0) is 51.3 Å². The van der Waals surface area contributed by atoms with Crippen molar-refractivity contribution in [2.75, 3.05) is 0 Å². The predicted molar refractivity (Wildman–Crippen MR) is 66.9 cm³/mol. The highest BCUT2D eigenvalue weighted by Gasteiger charge is 2.33. The second kappa shape index (κ2) is 4.27. The van der Waals surface area contributed by atoms with Crippen LogP contribution in [-0.2, 0) is 0 Å². The molecule has 0 saturated heterocycles. The first-order chi connectivity index (χ1) is 7.50. The molecule has 0 radical (unpaired) electrons. The van der Waals surface area contributed by atoms with Crippen molar-refractivity contribution >= 4 is 11.6 Å². The number of rotatable bonds is 3. The van der Waals surface area contributed by atoms with E-state index in [9.17, 15) is 5.11 Å². The van der Waals surface area contributed by atoms with Crippen LogP contribution in [0.4, 0.5) is 0 Å². The van der Waals surface area contributed by atoms with Crippen LogP contribution in [0.5, 0.6) is 5.75 Å². The first kappa shape index (κ1) is 11.7. The van der Waals surface area contributed by atoms with Gasteiger partial charge in [-0.2, -0.15) is 0 Å². The van der Waals surface area contributed by atoms with Crippen LogP contribution in [0.1, 0.15) is 44.7 Å². The SMILES string of the molecule is CC(NC1(C)CCC1)c1cc(Cl)ccc1O. The second-order valence-electron chi connectivity index (χ2n) is 4.98. The Morgan fingerprint density at radius 1 is 1.44 bits per heavy atom. The van der Waals surface area contributed by atoms with Crippen LogP contribution in [0.15, 0.2) is 18.2 Å². The van der Waals surface area contributed by atoms with Gasteiger partial charge in [-0.15, -0.1) is 0 Å². The molecule has 1 fully saturated rings. The highest BCUT2D eigenvalue weighted by molar-refractivity contribution is 6.30. The molecule has 2 rings (SSSR count). The zero-order chi connectivity index (χ0) is 11.8. The summed E-state index contributed by atoms with van der Waals surface area (Å²) in [5, 5.41) is 14.0. The Morgan fingerprint density at radius 3 is 2.69 bits per heavy atom. The molecular formula is C13H18ClNO. The smallest absolute Gasteiger partial charge is 0.120 e. The summed E-state index contributed by atoms with van der Waals surface area (Å²) >= 11 is 5.94. The standard InChI is InChI=1S/C13H18ClNO/c1-9(15-13(2)6-3-7-13)11-8-10(14)4-5-12(11)16/h4-5,8-9,15-16H,3,6-7H2,1-2H3. The normalized spacial score (nSPS) is 20.2. The molecule has 88 valence electrons. The fraction of sp³-hybridized carbons (Fsp3) is 0.538. The third-order valence-corrected chi connectivity index (χ3v) is 3.71. The maximum Gasteiger partial charge on any atom is 0.120 e. The zero-order valence-corrected chi connectivity index (χ0v) is 10.5. The van der Waals surface area contributed by atoms with Crippen LogP contribution in [0.3, 0.4) is 0 Å². The summed E-state index contributed by atoms with van der Waals surface area (Å²) < 4.78 is 0. The summed E-state index contributed by atoms with van der Waals surface area (Å²) in [6.07, 6.45) is 3.70. The van der Waals surface area contributed by atoms with Crippen molar-refractivity contribution in [2.45, 2.75) is 44.7 Å². The molecule has 1 aliphatic rings. The van der Waals surface area contributed by atoms with Crippen LogP contribution in [-0.4, -0.2) is 10.6 Å². The molecule has 0 bridgehead atoms. The number of nitrogens with one attached hydrogen (secondary N) is 1. The van der Waals surface area contributed by atoms with Gasteiger partial charge in [0.2, 0.25) is 0 Å². The van der Waals surface area contributed by atoms with Gasteiger partial charge in [-0.3, -0.25) is 0 Å². The average Bonchev–Trinajstić information content (AvgIpc) is 2.19. The van der Waals surface area contributed by atoms with E-state index >= 15 is 0 Å². The summed E-state index contributed by atoms with van der Waals surface area (Å²) in [5.74, 6) is 0.312. The van der Waals surface area contributed by atoms with Gasteiger partial charge in [0.1, 0.15) is 5.75 Å². The van der Waals surface area contributed by atoms with Gasteiger partial charge in [0.25, 0.3) is 0 Å². The molecule has 1 unspecified atom stereocenters. The number of phenols is 1. The number of halogens is 1. The quantitative estimate of drug-likeness (QED) is 0.844. The van der Waals surface area contributed by atoms with Crippen molar-refractivity contribution in [2.24, 2.45) is 0 Å². The number of hydrogen-bond donors (Lipinski definition) is 2. The van der Waals surface area contributed by atoms with Crippen LogP contribution in [0, 0.1) is 0 Å². The molecule has 1 aromatic rings. The fourth-order valence-electron chi connectivity index (χ4n) is 2.32. The van der Waals surface area contributed by atoms with Crippen molar-refractivity contribution in [3.8, 4) is 5.75 Å². The summed E-state index contributed by atoms with van der Waals surface area (Å²) in [7, 11) is 0. The van der Waals surface area contributed by atoms with Crippen LogP contribution in [0.2, 0.25) is 5.02 Å². The lowest BCUT2D eigenvalue weighted by atomic mass is 9.78. The van der Waals surface area contributed by atoms with E-state index in [1.165, 1.54) is 19.3 Å². The van der Waals surface area contributed by atoms with Crippen molar-refractivity contribution in [1.29, 1.82) is 0 Å². The van der Waals surface area contributed by atoms with Gasteiger partial charge in [-0.1, -0.05) is 11.6 Å². The molecule has 3 heteroatoms. The van der Waals surface area contributed by atoms with E-state index in [0.29, 0.717) is 10.8 Å². The third kappa shape index (κ3) is 2.33. The van der Waals surface area contributed by atoms with Crippen LogP contribution < -0.4 is 5.32 Å². The number of benzene rings is 1. The Hall–Kier alpha value is -0.730. The van der Waals surface area contributed by atoms with E-state index < -0.39 is 0 Å². The number of aromatic hydroxyl groups is 1. The summed E-state index contributed by atoms with van der Waals surface area (Å²) in [5.41, 5.74) is 1.11. The minimum absolute atomic E-state index is 0.129. The lowest BCUT2D eigenvalue weighted by Crippen LogP contribution is -2.49. The zero-order valence-electron chi connectivity index (χ0n) is 9.76. The summed E-state index contributed by atoms with van der Waals surface area (Å²) in [6, 6.07) is 5.32. The molecule has 0 amide bonds. The molecule has 0 aromatic heterocycles. The van der Waals surface area contributed by atoms with Crippen molar-refractivity contribution in [3.05, 3.63) is 28.8 Å². The minimum Gasteiger partial charge on any atom is -0.508 e. The van der Waals surface area contributed by atoms with E-state index in [1.54, 1.807) is 12.1 Å². The van der Waals surface area contributed by atoms with Gasteiger partial charge in [0.05, 0.1) is 0 Å². The van der Waals surface area contributed by atoms with Gasteiger partial charge in [0.15, 0.2) is 0 Å². The summed E-state index contributed by atoms with van der Waals surface area (Å²) in [4.78, 5) is 0. The molecule has 2 N–H and O–H groups in total. The number of hydrogen-bond acceptors (Lipinski definition) is 2. The van der Waals surface area contributed by atoms with Gasteiger partial charge in [-0.25, -0.2) is 0 Å². The van der Waals surface area contributed by atoms with Crippen molar-refractivity contribution < 1.29 is 5.11 Å². The molecule has 2 nitrogen and oxygen atoms in total. The minimum atomic E-state index is 0.129. The lowest BCUT2D eigenvalue weighted by molar-refractivity contribution is 0.189. The Balaban J connectivity index is 2.13. The van der Waals surface area contributed by atoms with E-state index in [-0.39, 0.29) is 11.6 Å². The molecule has 1 atom stereocenters. The molecular weight excluding hydrogens is 222 g/mol. The highest BCUT2D eigenvalue weighted by Crippen LogP contribution is 2.35. The lowest BCUT2D eigenvalue weighted by Gasteiger charge is -2.41. The van der Waals surface area contributed by atoms with Crippen LogP contribution >= 0.6 is 11.6 Å².